The molecule has 0 spiro atoms. The van der Waals surface area contributed by atoms with Gasteiger partial charge in [-0.25, -0.2) is 15.0 Å². The van der Waals surface area contributed by atoms with E-state index in [9.17, 15) is 4.39 Å². The topological polar surface area (TPSA) is 82.6 Å². The molecule has 1 atom stereocenters. The summed E-state index contributed by atoms with van der Waals surface area (Å²) in [6.07, 6.45) is 5.64. The molecule has 29 heavy (non-hydrogen) atoms. The minimum absolute atomic E-state index is 0.342. The Bertz CT molecular complexity index is 1020. The Kier molecular flexibility index (Phi) is 6.43. The third kappa shape index (κ3) is 4.71. The van der Waals surface area contributed by atoms with E-state index in [0.29, 0.717) is 33.7 Å². The van der Waals surface area contributed by atoms with Crippen LogP contribution in [0.2, 0.25) is 0 Å². The van der Waals surface area contributed by atoms with Crippen molar-refractivity contribution in [1.29, 1.82) is 0 Å². The molecule has 3 aromatic heterocycles. The highest BCUT2D eigenvalue weighted by Gasteiger charge is 2.22. The number of hydrogen-bond acceptors (Lipinski definition) is 6. The van der Waals surface area contributed by atoms with Crippen LogP contribution in [-0.4, -0.2) is 32.2 Å². The predicted octanol–water partition coefficient (Wildman–Crippen LogP) is 4.97. The molecule has 0 aromatic carbocycles. The highest BCUT2D eigenvalue weighted by Crippen LogP contribution is 2.32. The lowest BCUT2D eigenvalue weighted by molar-refractivity contribution is 0.546. The van der Waals surface area contributed by atoms with Crippen LogP contribution in [-0.2, 0) is 0 Å². The normalized spacial score (nSPS) is 12.7. The zero-order valence-corrected chi connectivity index (χ0v) is 17.5. The number of allylic oxidation sites excluding steroid dienone is 1. The number of nitrogens with one attached hydrogen (secondary N) is 2. The van der Waals surface area contributed by atoms with Crippen LogP contribution >= 0.6 is 11.6 Å². The molecule has 2 N–H and O–H groups in total. The molecule has 0 saturated carbocycles. The van der Waals surface area contributed by atoms with Gasteiger partial charge in [0, 0.05) is 30.6 Å². The van der Waals surface area contributed by atoms with Gasteiger partial charge in [-0.2, -0.15) is 9.49 Å². The number of aromatic amines is 1. The van der Waals surface area contributed by atoms with Gasteiger partial charge in [0.25, 0.3) is 0 Å². The molecule has 0 aliphatic carbocycles. The van der Waals surface area contributed by atoms with Crippen molar-refractivity contribution < 1.29 is 4.39 Å². The molecule has 152 valence electrons. The fraction of sp³-hybridized carbons (Fsp3) is 0.300. The van der Waals surface area contributed by atoms with Crippen molar-refractivity contribution in [2.24, 2.45) is 0 Å². The quantitative estimate of drug-likeness (QED) is 0.530. The predicted molar refractivity (Wildman–Crippen MR) is 114 cm³/mol. The van der Waals surface area contributed by atoms with Crippen molar-refractivity contribution in [3.8, 4) is 0 Å². The summed E-state index contributed by atoms with van der Waals surface area (Å²) in [5, 5.41) is 10.6. The monoisotopic (exact) mass is 415 g/mol. The molecule has 0 amide bonds. The summed E-state index contributed by atoms with van der Waals surface area (Å²) in [4.78, 5) is 14.8. The summed E-state index contributed by atoms with van der Waals surface area (Å²) >= 11 is 6.46. The van der Waals surface area contributed by atoms with E-state index in [-0.39, 0.29) is 6.04 Å². The molecule has 3 rings (SSSR count). The lowest BCUT2D eigenvalue weighted by atomic mass is 10.1. The van der Waals surface area contributed by atoms with Gasteiger partial charge in [-0.05, 0) is 26.3 Å². The van der Waals surface area contributed by atoms with Crippen LogP contribution < -0.4 is 10.2 Å². The maximum atomic E-state index is 14.2. The Morgan fingerprint density at radius 1 is 1.38 bits per heavy atom. The number of halogens is 2. The summed E-state index contributed by atoms with van der Waals surface area (Å²) in [5.41, 5.74) is 1.90. The molecular weight excluding hydrogens is 393 g/mol. The number of rotatable bonds is 7. The fourth-order valence-corrected chi connectivity index (χ4v) is 3.13. The highest BCUT2D eigenvalue weighted by molar-refractivity contribution is 6.48. The molecule has 7 nitrogen and oxygen atoms in total. The van der Waals surface area contributed by atoms with Gasteiger partial charge < -0.3 is 10.2 Å². The van der Waals surface area contributed by atoms with E-state index in [1.54, 1.807) is 18.3 Å². The van der Waals surface area contributed by atoms with Gasteiger partial charge in [0.05, 0.1) is 17.3 Å². The number of nitrogens with zero attached hydrogens (tertiary/aromatic N) is 5. The van der Waals surface area contributed by atoms with Crippen molar-refractivity contribution in [2.45, 2.75) is 33.2 Å². The van der Waals surface area contributed by atoms with E-state index in [4.69, 9.17) is 11.6 Å². The molecule has 0 aliphatic heterocycles. The van der Waals surface area contributed by atoms with Crippen molar-refractivity contribution >= 4 is 34.1 Å². The third-order valence-corrected chi connectivity index (χ3v) is 4.81. The molecular formula is C20H23ClFN7. The van der Waals surface area contributed by atoms with Gasteiger partial charge in [-0.3, -0.25) is 5.10 Å². The average Bonchev–Trinajstić information content (AvgIpc) is 3.12. The molecule has 3 aromatic rings. The van der Waals surface area contributed by atoms with Crippen LogP contribution in [0.4, 0.5) is 21.8 Å². The maximum absolute atomic E-state index is 14.2. The Morgan fingerprint density at radius 2 is 2.17 bits per heavy atom. The molecule has 0 radical (unpaired) electrons. The number of H-pyrrole nitrogens is 1. The minimum atomic E-state index is -0.516. The van der Waals surface area contributed by atoms with E-state index >= 15 is 0 Å². The van der Waals surface area contributed by atoms with Gasteiger partial charge in [0.15, 0.2) is 17.5 Å². The SMILES string of the molecule is CC/C=C(\Cl)c1ncc(Nc2cc(C)[nH]n2)nc1N(C)C(C)c1cccnc1F. The van der Waals surface area contributed by atoms with Crippen molar-refractivity contribution in [3.05, 3.63) is 59.6 Å². The molecule has 0 bridgehead atoms. The van der Waals surface area contributed by atoms with E-state index in [1.165, 1.54) is 6.20 Å². The summed E-state index contributed by atoms with van der Waals surface area (Å²) in [6.45, 7) is 5.77. The molecule has 0 aliphatic rings. The molecule has 0 fully saturated rings. The van der Waals surface area contributed by atoms with Crippen LogP contribution in [0.1, 0.15) is 43.3 Å². The van der Waals surface area contributed by atoms with E-state index in [1.807, 2.05) is 44.9 Å². The van der Waals surface area contributed by atoms with Gasteiger partial charge in [-0.1, -0.05) is 30.7 Å². The zero-order valence-electron chi connectivity index (χ0n) is 16.7. The van der Waals surface area contributed by atoms with Crippen molar-refractivity contribution in [2.75, 3.05) is 17.3 Å². The first-order valence-corrected chi connectivity index (χ1v) is 9.63. The first-order chi connectivity index (χ1) is 13.9. The van der Waals surface area contributed by atoms with Crippen LogP contribution in [0.25, 0.3) is 5.03 Å². The van der Waals surface area contributed by atoms with Gasteiger partial charge in [0.2, 0.25) is 5.95 Å². The first-order valence-electron chi connectivity index (χ1n) is 9.26. The van der Waals surface area contributed by atoms with E-state index < -0.39 is 5.95 Å². The Balaban J connectivity index is 2.01. The fourth-order valence-electron chi connectivity index (χ4n) is 2.85. The van der Waals surface area contributed by atoms with Crippen molar-refractivity contribution in [3.63, 3.8) is 0 Å². The molecule has 9 heteroatoms. The number of aryl methyl sites for hydroxylation is 1. The summed E-state index contributed by atoms with van der Waals surface area (Å²) in [5.74, 6) is 1.13. The second-order valence-corrected chi connectivity index (χ2v) is 7.03. The summed E-state index contributed by atoms with van der Waals surface area (Å²) < 4.78 is 14.2. The summed E-state index contributed by atoms with van der Waals surface area (Å²) in [7, 11) is 1.82. The average molecular weight is 416 g/mol. The molecule has 1 unspecified atom stereocenters. The van der Waals surface area contributed by atoms with Gasteiger partial charge in [-0.15, -0.1) is 0 Å². The second kappa shape index (κ2) is 9.00. The second-order valence-electron chi connectivity index (χ2n) is 6.62. The number of anilines is 3. The van der Waals surface area contributed by atoms with Crippen LogP contribution in [0.5, 0.6) is 0 Å². The first kappa shape index (κ1) is 20.7. The highest BCUT2D eigenvalue weighted by atomic mass is 35.5. The lowest BCUT2D eigenvalue weighted by Crippen LogP contribution is -2.25. The minimum Gasteiger partial charge on any atom is -0.351 e. The van der Waals surface area contributed by atoms with Gasteiger partial charge in [0.1, 0.15) is 5.69 Å². The Hall–Kier alpha value is -3.00. The number of pyridine rings is 1. The Labute approximate surface area is 174 Å². The third-order valence-electron chi connectivity index (χ3n) is 4.48. The smallest absolute Gasteiger partial charge is 0.218 e. The summed E-state index contributed by atoms with van der Waals surface area (Å²) in [6, 6.07) is 4.92. The van der Waals surface area contributed by atoms with Gasteiger partial charge >= 0.3 is 0 Å². The Morgan fingerprint density at radius 3 is 2.83 bits per heavy atom. The lowest BCUT2D eigenvalue weighted by Gasteiger charge is -2.28. The van der Waals surface area contributed by atoms with Crippen LogP contribution in [0.3, 0.4) is 0 Å². The standard InChI is InChI=1S/C20H23ClFN7/c1-5-7-15(21)18-20(29(4)13(3)14-8-6-9-23-19(14)22)26-17(11-24-18)25-16-10-12(2)27-28-16/h6-11,13H,5H2,1-4H3,(H2,25,26,27,28)/b15-7-. The number of aromatic nitrogens is 5. The zero-order chi connectivity index (χ0) is 21.0. The molecule has 3 heterocycles. The molecule has 0 saturated heterocycles. The van der Waals surface area contributed by atoms with Crippen LogP contribution in [0.15, 0.2) is 36.7 Å². The van der Waals surface area contributed by atoms with Crippen molar-refractivity contribution in [1.82, 2.24) is 25.1 Å². The number of hydrogen-bond donors (Lipinski definition) is 2. The largest absolute Gasteiger partial charge is 0.351 e. The van der Waals surface area contributed by atoms with E-state index in [2.05, 4.69) is 30.5 Å². The van der Waals surface area contributed by atoms with E-state index in [0.717, 1.165) is 12.1 Å². The van der Waals surface area contributed by atoms with Crippen LogP contribution in [0, 0.1) is 12.9 Å². The maximum Gasteiger partial charge on any atom is 0.218 e.